The third-order valence-electron chi connectivity index (χ3n) is 6.12. The number of carbonyl (C=O) groups excluding carboxylic acids is 3. The predicted octanol–water partition coefficient (Wildman–Crippen LogP) is 0.933. The number of fused-ring (bicyclic) bond motifs is 1. The number of rotatable bonds is 4. The van der Waals surface area contributed by atoms with E-state index in [-0.39, 0.29) is 29.1 Å². The number of benzene rings is 1. The van der Waals surface area contributed by atoms with Crippen molar-refractivity contribution in [2.24, 2.45) is 11.3 Å². The van der Waals surface area contributed by atoms with Crippen LogP contribution in [0.15, 0.2) is 36.7 Å². The minimum Gasteiger partial charge on any atom is -0.355 e. The summed E-state index contributed by atoms with van der Waals surface area (Å²) in [5, 5.41) is 9.20. The van der Waals surface area contributed by atoms with E-state index in [9.17, 15) is 14.4 Å². The average molecular weight is 395 g/mol. The lowest BCUT2D eigenvalue weighted by molar-refractivity contribution is -0.130. The van der Waals surface area contributed by atoms with Crippen LogP contribution in [0.3, 0.4) is 0 Å². The molecule has 2 aromatic rings. The summed E-state index contributed by atoms with van der Waals surface area (Å²) in [7, 11) is 1.57. The first-order valence-electron chi connectivity index (χ1n) is 9.76. The van der Waals surface area contributed by atoms with Crippen LogP contribution in [0.25, 0.3) is 0 Å². The number of hydrogen-bond acceptors (Lipinski definition) is 4. The Morgan fingerprint density at radius 1 is 1.21 bits per heavy atom. The third kappa shape index (κ3) is 3.62. The van der Waals surface area contributed by atoms with Crippen molar-refractivity contribution in [2.75, 3.05) is 33.2 Å². The van der Waals surface area contributed by atoms with Crippen LogP contribution in [-0.2, 0) is 11.2 Å². The second-order valence-electron chi connectivity index (χ2n) is 8.25. The summed E-state index contributed by atoms with van der Waals surface area (Å²) in [4.78, 5) is 41.2. The van der Waals surface area contributed by atoms with Crippen LogP contribution in [0.2, 0.25) is 0 Å². The Morgan fingerprint density at radius 2 is 1.93 bits per heavy atom. The van der Waals surface area contributed by atoms with Crippen molar-refractivity contribution in [3.8, 4) is 0 Å². The van der Waals surface area contributed by atoms with Gasteiger partial charge in [0.2, 0.25) is 5.91 Å². The van der Waals surface area contributed by atoms with Gasteiger partial charge in [0.05, 0.1) is 12.6 Å². The highest BCUT2D eigenvalue weighted by Crippen LogP contribution is 2.42. The van der Waals surface area contributed by atoms with Crippen molar-refractivity contribution in [1.82, 2.24) is 25.3 Å². The first-order chi connectivity index (χ1) is 13.9. The molecule has 0 saturated carbocycles. The van der Waals surface area contributed by atoms with Gasteiger partial charge in [-0.1, -0.05) is 13.0 Å². The second kappa shape index (κ2) is 7.35. The van der Waals surface area contributed by atoms with Gasteiger partial charge in [0.1, 0.15) is 0 Å². The normalized spacial score (nSPS) is 23.2. The molecule has 0 bridgehead atoms. The summed E-state index contributed by atoms with van der Waals surface area (Å²) in [6, 6.07) is 6.80. The molecule has 0 radical (unpaired) electrons. The number of aromatic amines is 1. The molecule has 2 fully saturated rings. The fourth-order valence-corrected chi connectivity index (χ4v) is 4.47. The topological polar surface area (TPSA) is 98.4 Å². The molecule has 152 valence electrons. The van der Waals surface area contributed by atoms with E-state index >= 15 is 0 Å². The maximum absolute atomic E-state index is 13.0. The smallest absolute Gasteiger partial charge is 0.253 e. The lowest BCUT2D eigenvalue weighted by atomic mass is 9.83. The molecule has 0 spiro atoms. The summed E-state index contributed by atoms with van der Waals surface area (Å²) < 4.78 is 0. The molecule has 0 aliphatic carbocycles. The van der Waals surface area contributed by atoms with Crippen LogP contribution in [0.5, 0.6) is 0 Å². The van der Waals surface area contributed by atoms with E-state index in [0.29, 0.717) is 43.7 Å². The molecule has 1 aromatic carbocycles. The van der Waals surface area contributed by atoms with Crippen LogP contribution >= 0.6 is 0 Å². The third-order valence-corrected chi connectivity index (χ3v) is 6.12. The lowest BCUT2D eigenvalue weighted by Gasteiger charge is -2.25. The molecular formula is C21H25N5O3. The van der Waals surface area contributed by atoms with Crippen molar-refractivity contribution >= 4 is 17.7 Å². The number of likely N-dealkylation sites (tertiary alicyclic amines) is 2. The largest absolute Gasteiger partial charge is 0.355 e. The Labute approximate surface area is 169 Å². The van der Waals surface area contributed by atoms with Gasteiger partial charge in [0.15, 0.2) is 0 Å². The van der Waals surface area contributed by atoms with Crippen molar-refractivity contribution in [1.29, 1.82) is 0 Å². The Balaban J connectivity index is 1.41. The number of nitrogens with one attached hydrogen (secondary N) is 2. The molecule has 1 aromatic heterocycles. The highest BCUT2D eigenvalue weighted by atomic mass is 16.2. The van der Waals surface area contributed by atoms with Crippen molar-refractivity contribution in [3.63, 3.8) is 0 Å². The molecule has 2 aliphatic rings. The first-order valence-corrected chi connectivity index (χ1v) is 9.76. The molecular weight excluding hydrogens is 370 g/mol. The van der Waals surface area contributed by atoms with Gasteiger partial charge in [-0.3, -0.25) is 19.5 Å². The minimum atomic E-state index is -0.211. The van der Waals surface area contributed by atoms with E-state index in [1.165, 1.54) is 0 Å². The molecule has 2 saturated heterocycles. The van der Waals surface area contributed by atoms with Gasteiger partial charge < -0.3 is 15.1 Å². The number of H-pyrrole nitrogens is 1. The van der Waals surface area contributed by atoms with Crippen LogP contribution in [0, 0.1) is 11.3 Å². The van der Waals surface area contributed by atoms with E-state index in [0.717, 1.165) is 5.56 Å². The highest BCUT2D eigenvalue weighted by Gasteiger charge is 2.51. The monoisotopic (exact) mass is 395 g/mol. The second-order valence-corrected chi connectivity index (χ2v) is 8.25. The van der Waals surface area contributed by atoms with Crippen LogP contribution < -0.4 is 5.32 Å². The van der Waals surface area contributed by atoms with Gasteiger partial charge >= 0.3 is 0 Å². The molecule has 3 amide bonds. The summed E-state index contributed by atoms with van der Waals surface area (Å²) in [5.41, 5.74) is 1.76. The predicted molar refractivity (Wildman–Crippen MR) is 106 cm³/mol. The van der Waals surface area contributed by atoms with Gasteiger partial charge in [-0.15, -0.1) is 0 Å². The maximum atomic E-state index is 13.0. The molecule has 2 N–H and O–H groups in total. The zero-order valence-corrected chi connectivity index (χ0v) is 16.6. The van der Waals surface area contributed by atoms with Gasteiger partial charge in [0.25, 0.3) is 11.8 Å². The van der Waals surface area contributed by atoms with Crippen LogP contribution in [-0.4, -0.2) is 70.9 Å². The van der Waals surface area contributed by atoms with E-state index < -0.39 is 0 Å². The van der Waals surface area contributed by atoms with Gasteiger partial charge in [0, 0.05) is 61.9 Å². The molecule has 8 nitrogen and oxygen atoms in total. The number of aromatic nitrogens is 2. The number of amides is 3. The summed E-state index contributed by atoms with van der Waals surface area (Å²) in [6.07, 6.45) is 3.75. The Bertz CT molecular complexity index is 942. The highest BCUT2D eigenvalue weighted by molar-refractivity contribution is 5.99. The zero-order chi connectivity index (χ0) is 20.6. The fourth-order valence-electron chi connectivity index (χ4n) is 4.47. The Kier molecular flexibility index (Phi) is 4.86. The molecule has 0 unspecified atom stereocenters. The van der Waals surface area contributed by atoms with Crippen LogP contribution in [0.1, 0.15) is 33.2 Å². The molecule has 2 aliphatic heterocycles. The molecule has 3 heterocycles. The van der Waals surface area contributed by atoms with Gasteiger partial charge in [-0.2, -0.15) is 5.10 Å². The lowest BCUT2D eigenvalue weighted by Crippen LogP contribution is -2.38. The van der Waals surface area contributed by atoms with Crippen molar-refractivity contribution in [2.45, 2.75) is 13.3 Å². The van der Waals surface area contributed by atoms with E-state index in [1.807, 2.05) is 9.80 Å². The number of carbonyl (C=O) groups is 3. The van der Waals surface area contributed by atoms with Crippen molar-refractivity contribution in [3.05, 3.63) is 53.3 Å². The maximum Gasteiger partial charge on any atom is 0.253 e. The van der Waals surface area contributed by atoms with Crippen LogP contribution in [0.4, 0.5) is 0 Å². The van der Waals surface area contributed by atoms with E-state index in [1.54, 1.807) is 43.7 Å². The summed E-state index contributed by atoms with van der Waals surface area (Å²) in [6.45, 7) is 4.69. The fraction of sp³-hybridized carbons (Fsp3) is 0.429. The minimum absolute atomic E-state index is 0.0670. The number of hydrogen-bond donors (Lipinski definition) is 2. The van der Waals surface area contributed by atoms with Gasteiger partial charge in [-0.05, 0) is 23.8 Å². The molecule has 2 atom stereocenters. The summed E-state index contributed by atoms with van der Waals surface area (Å²) >= 11 is 0. The Morgan fingerprint density at radius 3 is 2.62 bits per heavy atom. The van der Waals surface area contributed by atoms with E-state index in [2.05, 4.69) is 22.4 Å². The van der Waals surface area contributed by atoms with Crippen molar-refractivity contribution < 1.29 is 14.4 Å². The average Bonchev–Trinajstić information content (AvgIpc) is 3.41. The Hall–Kier alpha value is -3.16. The zero-order valence-electron chi connectivity index (χ0n) is 16.6. The first kappa shape index (κ1) is 19.2. The molecule has 29 heavy (non-hydrogen) atoms. The molecule has 4 rings (SSSR count). The molecule has 8 heteroatoms. The SMILES string of the molecule is CNC(=O)c1cccc(C(=O)N2C[C@@H]3CN(C(=O)Cc4cn[nH]c4)C[C@]3(C)C2)c1. The van der Waals surface area contributed by atoms with Gasteiger partial charge in [-0.25, -0.2) is 0 Å². The standard InChI is InChI=1S/C21H25N5O3/c1-21-12-25(18(27)6-14-8-23-24-9-14)10-17(21)11-26(13-21)20(29)16-5-3-4-15(7-16)19(28)22-2/h3-5,7-9,17H,6,10-13H2,1-2H3,(H,22,28)(H,23,24)/t17-,21+/m0/s1. The quantitative estimate of drug-likeness (QED) is 0.805. The number of nitrogens with zero attached hydrogens (tertiary/aromatic N) is 3. The summed E-state index contributed by atoms with van der Waals surface area (Å²) in [5.74, 6) is 0.0689. The van der Waals surface area contributed by atoms with E-state index in [4.69, 9.17) is 0 Å².